The SMILES string of the molecule is N/C(=N\O)c1cccc(COc2ccc(F)cc2)c1. The summed E-state index contributed by atoms with van der Waals surface area (Å²) in [4.78, 5) is 0. The number of ether oxygens (including phenoxy) is 1. The van der Waals surface area contributed by atoms with E-state index in [4.69, 9.17) is 15.7 Å². The van der Waals surface area contributed by atoms with Crippen LogP contribution in [0.15, 0.2) is 53.7 Å². The van der Waals surface area contributed by atoms with Crippen LogP contribution >= 0.6 is 0 Å². The van der Waals surface area contributed by atoms with Crippen molar-refractivity contribution in [1.82, 2.24) is 0 Å². The Morgan fingerprint density at radius 3 is 2.63 bits per heavy atom. The number of nitrogens with two attached hydrogens (primary N) is 1. The zero-order chi connectivity index (χ0) is 13.7. The Labute approximate surface area is 109 Å². The van der Waals surface area contributed by atoms with Crippen LogP contribution < -0.4 is 10.5 Å². The summed E-state index contributed by atoms with van der Waals surface area (Å²) in [7, 11) is 0. The average Bonchev–Trinajstić information content (AvgIpc) is 2.46. The van der Waals surface area contributed by atoms with Crippen molar-refractivity contribution in [3.63, 3.8) is 0 Å². The second kappa shape index (κ2) is 5.86. The summed E-state index contributed by atoms with van der Waals surface area (Å²) in [5.41, 5.74) is 6.99. The first-order chi connectivity index (χ1) is 9.19. The Hall–Kier alpha value is -2.56. The van der Waals surface area contributed by atoms with Gasteiger partial charge >= 0.3 is 0 Å². The van der Waals surface area contributed by atoms with E-state index >= 15 is 0 Å². The second-order valence-corrected chi connectivity index (χ2v) is 3.93. The molecule has 2 aromatic rings. The molecule has 5 heteroatoms. The molecular weight excluding hydrogens is 247 g/mol. The largest absolute Gasteiger partial charge is 0.489 e. The lowest BCUT2D eigenvalue weighted by Crippen LogP contribution is -2.13. The van der Waals surface area contributed by atoms with Crippen LogP contribution in [0.2, 0.25) is 0 Å². The molecule has 0 spiro atoms. The summed E-state index contributed by atoms with van der Waals surface area (Å²) in [6.07, 6.45) is 0. The smallest absolute Gasteiger partial charge is 0.170 e. The maximum Gasteiger partial charge on any atom is 0.170 e. The van der Waals surface area contributed by atoms with Crippen LogP contribution in [0.25, 0.3) is 0 Å². The number of hydrogen-bond acceptors (Lipinski definition) is 3. The quantitative estimate of drug-likeness (QED) is 0.384. The number of nitrogens with zero attached hydrogens (tertiary/aromatic N) is 1. The van der Waals surface area contributed by atoms with E-state index in [9.17, 15) is 4.39 Å². The van der Waals surface area contributed by atoms with Gasteiger partial charge < -0.3 is 15.7 Å². The summed E-state index contributed by atoms with van der Waals surface area (Å²) in [5, 5.41) is 11.5. The van der Waals surface area contributed by atoms with Crippen molar-refractivity contribution < 1.29 is 14.3 Å². The van der Waals surface area contributed by atoms with E-state index in [1.54, 1.807) is 30.3 Å². The van der Waals surface area contributed by atoms with Gasteiger partial charge in [0.25, 0.3) is 0 Å². The second-order valence-electron chi connectivity index (χ2n) is 3.93. The standard InChI is InChI=1S/C14H13FN2O2/c15-12-4-6-13(7-5-12)19-9-10-2-1-3-11(8-10)14(16)17-18/h1-8,18H,9H2,(H2,16,17). The first kappa shape index (κ1) is 12.9. The van der Waals surface area contributed by atoms with Crippen LogP contribution in [-0.4, -0.2) is 11.0 Å². The molecule has 0 saturated heterocycles. The molecule has 0 fully saturated rings. The minimum Gasteiger partial charge on any atom is -0.489 e. The molecule has 98 valence electrons. The van der Waals surface area contributed by atoms with E-state index in [1.165, 1.54) is 12.1 Å². The van der Waals surface area contributed by atoms with Gasteiger partial charge in [-0.05, 0) is 35.9 Å². The van der Waals surface area contributed by atoms with Crippen LogP contribution in [0, 0.1) is 5.82 Å². The maximum absolute atomic E-state index is 12.7. The van der Waals surface area contributed by atoms with E-state index < -0.39 is 0 Å². The van der Waals surface area contributed by atoms with Gasteiger partial charge in [0.2, 0.25) is 0 Å². The summed E-state index contributed by atoms with van der Waals surface area (Å²) in [6, 6.07) is 12.9. The summed E-state index contributed by atoms with van der Waals surface area (Å²) in [6.45, 7) is 0.318. The fourth-order valence-electron chi connectivity index (χ4n) is 1.58. The maximum atomic E-state index is 12.7. The van der Waals surface area contributed by atoms with Gasteiger partial charge in [-0.25, -0.2) is 4.39 Å². The molecule has 0 aromatic heterocycles. The van der Waals surface area contributed by atoms with Gasteiger partial charge in [-0.2, -0.15) is 0 Å². The van der Waals surface area contributed by atoms with E-state index in [0.29, 0.717) is 17.9 Å². The molecule has 0 bridgehead atoms. The van der Waals surface area contributed by atoms with Gasteiger partial charge in [0.1, 0.15) is 18.2 Å². The van der Waals surface area contributed by atoms with Crippen LogP contribution in [0.1, 0.15) is 11.1 Å². The van der Waals surface area contributed by atoms with Gasteiger partial charge in [-0.15, -0.1) is 0 Å². The Morgan fingerprint density at radius 2 is 1.95 bits per heavy atom. The Morgan fingerprint density at radius 1 is 1.21 bits per heavy atom. The predicted molar refractivity (Wildman–Crippen MR) is 69.7 cm³/mol. The van der Waals surface area contributed by atoms with Crippen LogP contribution in [0.5, 0.6) is 5.75 Å². The number of hydrogen-bond donors (Lipinski definition) is 2. The lowest BCUT2D eigenvalue weighted by atomic mass is 10.1. The molecule has 0 aliphatic rings. The number of benzene rings is 2. The predicted octanol–water partition coefficient (Wildman–Crippen LogP) is 2.50. The van der Waals surface area contributed by atoms with Gasteiger partial charge in [0, 0.05) is 5.56 Å². The summed E-state index contributed by atoms with van der Waals surface area (Å²) in [5.74, 6) is 0.320. The summed E-state index contributed by atoms with van der Waals surface area (Å²) >= 11 is 0. The third-order valence-corrected chi connectivity index (χ3v) is 2.55. The molecule has 0 aliphatic heterocycles. The lowest BCUT2D eigenvalue weighted by Gasteiger charge is -2.07. The molecule has 0 aliphatic carbocycles. The molecule has 0 radical (unpaired) electrons. The highest BCUT2D eigenvalue weighted by molar-refractivity contribution is 5.97. The van der Waals surface area contributed by atoms with E-state index in [2.05, 4.69) is 5.16 Å². The molecule has 0 amide bonds. The van der Waals surface area contributed by atoms with Gasteiger partial charge in [0.15, 0.2) is 5.84 Å². The minimum absolute atomic E-state index is 0.0450. The molecule has 2 aromatic carbocycles. The number of amidine groups is 1. The Balaban J connectivity index is 2.05. The van der Waals surface area contributed by atoms with Crippen LogP contribution in [0.3, 0.4) is 0 Å². The third-order valence-electron chi connectivity index (χ3n) is 2.55. The number of oxime groups is 1. The molecule has 0 unspecified atom stereocenters. The van der Waals surface area contributed by atoms with E-state index in [1.807, 2.05) is 6.07 Å². The van der Waals surface area contributed by atoms with Crippen LogP contribution in [0.4, 0.5) is 4.39 Å². The first-order valence-corrected chi connectivity index (χ1v) is 5.64. The molecule has 2 rings (SSSR count). The van der Waals surface area contributed by atoms with Crippen molar-refractivity contribution in [2.45, 2.75) is 6.61 Å². The van der Waals surface area contributed by atoms with E-state index in [-0.39, 0.29) is 11.7 Å². The van der Waals surface area contributed by atoms with E-state index in [0.717, 1.165) is 5.56 Å². The average molecular weight is 260 g/mol. The fraction of sp³-hybridized carbons (Fsp3) is 0.0714. The lowest BCUT2D eigenvalue weighted by molar-refractivity contribution is 0.305. The Kier molecular flexibility index (Phi) is 3.97. The molecule has 19 heavy (non-hydrogen) atoms. The van der Waals surface area contributed by atoms with Gasteiger partial charge in [0.05, 0.1) is 0 Å². The normalized spacial score (nSPS) is 11.3. The molecule has 0 saturated carbocycles. The summed E-state index contributed by atoms with van der Waals surface area (Å²) < 4.78 is 18.2. The highest BCUT2D eigenvalue weighted by atomic mass is 19.1. The molecule has 4 nitrogen and oxygen atoms in total. The zero-order valence-corrected chi connectivity index (χ0v) is 10.1. The fourth-order valence-corrected chi connectivity index (χ4v) is 1.58. The molecule has 0 heterocycles. The molecule has 3 N–H and O–H groups in total. The zero-order valence-electron chi connectivity index (χ0n) is 10.1. The number of halogens is 1. The van der Waals surface area contributed by atoms with Crippen molar-refractivity contribution >= 4 is 5.84 Å². The highest BCUT2D eigenvalue weighted by Gasteiger charge is 2.01. The van der Waals surface area contributed by atoms with Crippen molar-refractivity contribution in [2.75, 3.05) is 0 Å². The van der Waals surface area contributed by atoms with Crippen molar-refractivity contribution in [3.05, 3.63) is 65.5 Å². The van der Waals surface area contributed by atoms with Gasteiger partial charge in [-0.1, -0.05) is 23.4 Å². The molecule has 0 atom stereocenters. The minimum atomic E-state index is -0.304. The highest BCUT2D eigenvalue weighted by Crippen LogP contribution is 2.14. The van der Waals surface area contributed by atoms with Crippen molar-refractivity contribution in [1.29, 1.82) is 0 Å². The Bertz CT molecular complexity index is 582. The number of rotatable bonds is 4. The monoisotopic (exact) mass is 260 g/mol. The van der Waals surface area contributed by atoms with Gasteiger partial charge in [-0.3, -0.25) is 0 Å². The third kappa shape index (κ3) is 3.45. The topological polar surface area (TPSA) is 67.8 Å². The van der Waals surface area contributed by atoms with Crippen molar-refractivity contribution in [2.24, 2.45) is 10.9 Å². The first-order valence-electron chi connectivity index (χ1n) is 5.64. The molecular formula is C14H13FN2O2. The van der Waals surface area contributed by atoms with Crippen LogP contribution in [-0.2, 0) is 6.61 Å². The van der Waals surface area contributed by atoms with Crippen molar-refractivity contribution in [3.8, 4) is 5.75 Å².